The Balaban J connectivity index is 1.52. The molecule has 4 aromatic rings. The minimum absolute atomic E-state index is 0.0376. The normalized spacial score (nSPS) is 10.6. The van der Waals surface area contributed by atoms with E-state index < -0.39 is 0 Å². The van der Waals surface area contributed by atoms with Crippen molar-refractivity contribution < 1.29 is 28.3 Å². The summed E-state index contributed by atoms with van der Waals surface area (Å²) in [6.07, 6.45) is 1.77. The number of nitrogens with zero attached hydrogens (tertiary/aromatic N) is 3. The van der Waals surface area contributed by atoms with E-state index in [2.05, 4.69) is 15.5 Å². The van der Waals surface area contributed by atoms with Crippen LogP contribution in [0.3, 0.4) is 0 Å². The van der Waals surface area contributed by atoms with Gasteiger partial charge in [-0.1, -0.05) is 5.16 Å². The molecule has 10 nitrogen and oxygen atoms in total. The number of aromatic nitrogens is 3. The van der Waals surface area contributed by atoms with Crippen molar-refractivity contribution in [2.24, 2.45) is 0 Å². The van der Waals surface area contributed by atoms with Crippen molar-refractivity contribution >= 4 is 11.6 Å². The lowest BCUT2D eigenvalue weighted by atomic mass is 10.2. The number of amides is 1. The van der Waals surface area contributed by atoms with E-state index in [1.54, 1.807) is 81.7 Å². The van der Waals surface area contributed by atoms with Crippen LogP contribution in [-0.4, -0.2) is 49.1 Å². The van der Waals surface area contributed by atoms with Gasteiger partial charge in [-0.15, -0.1) is 0 Å². The zero-order valence-corrected chi connectivity index (χ0v) is 19.2. The summed E-state index contributed by atoms with van der Waals surface area (Å²) in [4.78, 5) is 17.2. The number of anilines is 1. The fourth-order valence-electron chi connectivity index (χ4n) is 3.40. The Kier molecular flexibility index (Phi) is 6.67. The third-order valence-corrected chi connectivity index (χ3v) is 5.07. The number of carbonyl (C=O) groups excluding carboxylic acids is 1. The summed E-state index contributed by atoms with van der Waals surface area (Å²) in [7, 11) is 6.22. The average molecular weight is 464 g/mol. The first-order chi connectivity index (χ1) is 16.5. The summed E-state index contributed by atoms with van der Waals surface area (Å²) in [6, 6.07) is 14.1. The quantitative estimate of drug-likeness (QED) is 0.397. The van der Waals surface area contributed by atoms with E-state index in [1.165, 1.54) is 0 Å². The number of hydrogen-bond donors (Lipinski definition) is 1. The van der Waals surface area contributed by atoms with Crippen LogP contribution in [0.1, 0.15) is 0 Å². The maximum atomic E-state index is 12.7. The van der Waals surface area contributed by atoms with Crippen molar-refractivity contribution in [1.82, 2.24) is 14.7 Å². The lowest BCUT2D eigenvalue weighted by Crippen LogP contribution is -2.18. The van der Waals surface area contributed by atoms with Gasteiger partial charge in [0.05, 0.1) is 28.4 Å². The molecule has 0 aliphatic carbocycles. The standard InChI is InChI=1S/C24H24N4O6/c1-30-17-11-16(12-18(13-17)31-2)25-22(29)14-28-9-5-6-19(28)24-26-23(27-34-24)15-7-8-20(32-3)21(10-15)33-4/h5-13H,14H2,1-4H3,(H,25,29). The Morgan fingerprint density at radius 2 is 1.68 bits per heavy atom. The largest absolute Gasteiger partial charge is 0.497 e. The van der Waals surface area contributed by atoms with Crippen LogP contribution in [0.15, 0.2) is 59.3 Å². The lowest BCUT2D eigenvalue weighted by Gasteiger charge is -2.11. The highest BCUT2D eigenvalue weighted by Gasteiger charge is 2.17. The summed E-state index contributed by atoms with van der Waals surface area (Å²) in [5.74, 6) is 2.73. The van der Waals surface area contributed by atoms with Gasteiger partial charge in [0.25, 0.3) is 5.89 Å². The first-order valence-corrected chi connectivity index (χ1v) is 10.3. The van der Waals surface area contributed by atoms with Crippen LogP contribution in [0.2, 0.25) is 0 Å². The summed E-state index contributed by atoms with van der Waals surface area (Å²) in [6.45, 7) is 0.0376. The number of ether oxygens (including phenoxy) is 4. The number of hydrogen-bond acceptors (Lipinski definition) is 8. The van der Waals surface area contributed by atoms with Gasteiger partial charge in [0, 0.05) is 35.6 Å². The highest BCUT2D eigenvalue weighted by atomic mass is 16.5. The molecule has 0 spiro atoms. The predicted octanol–water partition coefficient (Wildman–Crippen LogP) is 3.88. The van der Waals surface area contributed by atoms with Crippen molar-refractivity contribution in [3.63, 3.8) is 0 Å². The SMILES string of the molecule is COc1cc(NC(=O)Cn2cccc2-c2nc(-c3ccc(OC)c(OC)c3)no2)cc(OC)c1. The molecule has 34 heavy (non-hydrogen) atoms. The van der Waals surface area contributed by atoms with Crippen molar-refractivity contribution in [2.75, 3.05) is 33.8 Å². The summed E-state index contributed by atoms with van der Waals surface area (Å²) in [5.41, 5.74) is 1.87. The molecule has 0 aliphatic rings. The molecule has 10 heteroatoms. The molecule has 0 saturated carbocycles. The van der Waals surface area contributed by atoms with E-state index in [0.29, 0.717) is 45.8 Å². The van der Waals surface area contributed by atoms with Gasteiger partial charge in [-0.2, -0.15) is 4.98 Å². The maximum absolute atomic E-state index is 12.7. The molecule has 0 fully saturated rings. The van der Waals surface area contributed by atoms with Gasteiger partial charge >= 0.3 is 0 Å². The lowest BCUT2D eigenvalue weighted by molar-refractivity contribution is -0.116. The molecule has 0 radical (unpaired) electrons. The van der Waals surface area contributed by atoms with E-state index in [9.17, 15) is 4.79 Å². The van der Waals surface area contributed by atoms with Gasteiger partial charge in [-0.3, -0.25) is 4.79 Å². The van der Waals surface area contributed by atoms with Gasteiger partial charge < -0.3 is 33.4 Å². The molecule has 0 bridgehead atoms. The fourth-order valence-corrected chi connectivity index (χ4v) is 3.40. The zero-order valence-electron chi connectivity index (χ0n) is 19.2. The third-order valence-electron chi connectivity index (χ3n) is 5.07. The summed E-state index contributed by atoms with van der Waals surface area (Å²) >= 11 is 0. The fraction of sp³-hybridized carbons (Fsp3) is 0.208. The predicted molar refractivity (Wildman–Crippen MR) is 124 cm³/mol. The summed E-state index contributed by atoms with van der Waals surface area (Å²) < 4.78 is 28.3. The van der Waals surface area contributed by atoms with Crippen LogP contribution in [-0.2, 0) is 11.3 Å². The van der Waals surface area contributed by atoms with E-state index >= 15 is 0 Å². The number of nitrogens with one attached hydrogen (secondary N) is 1. The second kappa shape index (κ2) is 9.99. The average Bonchev–Trinajstić information content (AvgIpc) is 3.52. The highest BCUT2D eigenvalue weighted by Crippen LogP contribution is 2.32. The van der Waals surface area contributed by atoms with Crippen molar-refractivity contribution in [1.29, 1.82) is 0 Å². The Morgan fingerprint density at radius 3 is 2.35 bits per heavy atom. The van der Waals surface area contributed by atoms with E-state index in [-0.39, 0.29) is 18.3 Å². The molecular weight excluding hydrogens is 440 g/mol. The van der Waals surface area contributed by atoms with Crippen molar-refractivity contribution in [3.8, 4) is 46.0 Å². The molecule has 4 rings (SSSR count). The van der Waals surface area contributed by atoms with Gasteiger partial charge in [0.15, 0.2) is 11.5 Å². The molecule has 2 heterocycles. The summed E-state index contributed by atoms with van der Waals surface area (Å²) in [5, 5.41) is 6.93. The number of methoxy groups -OCH3 is 4. The van der Waals surface area contributed by atoms with Crippen LogP contribution in [0, 0.1) is 0 Å². The van der Waals surface area contributed by atoms with Crippen LogP contribution in [0.4, 0.5) is 5.69 Å². The van der Waals surface area contributed by atoms with E-state index in [0.717, 1.165) is 0 Å². The van der Waals surface area contributed by atoms with Gasteiger partial charge in [0.2, 0.25) is 11.7 Å². The molecule has 176 valence electrons. The van der Waals surface area contributed by atoms with Crippen molar-refractivity contribution in [3.05, 3.63) is 54.7 Å². The molecule has 1 amide bonds. The van der Waals surface area contributed by atoms with Crippen molar-refractivity contribution in [2.45, 2.75) is 6.54 Å². The Bertz CT molecular complexity index is 1270. The minimum atomic E-state index is -0.243. The molecule has 2 aromatic carbocycles. The third kappa shape index (κ3) is 4.80. The molecule has 0 atom stereocenters. The van der Waals surface area contributed by atoms with E-state index in [1.807, 2.05) is 6.07 Å². The van der Waals surface area contributed by atoms with Crippen LogP contribution in [0.5, 0.6) is 23.0 Å². The molecule has 0 saturated heterocycles. The minimum Gasteiger partial charge on any atom is -0.497 e. The molecule has 0 aliphatic heterocycles. The Hall–Kier alpha value is -4.47. The van der Waals surface area contributed by atoms with Crippen LogP contribution >= 0.6 is 0 Å². The van der Waals surface area contributed by atoms with Gasteiger partial charge in [-0.25, -0.2) is 0 Å². The van der Waals surface area contributed by atoms with Gasteiger partial charge in [0.1, 0.15) is 23.7 Å². The monoisotopic (exact) mass is 464 g/mol. The highest BCUT2D eigenvalue weighted by molar-refractivity contribution is 5.91. The first kappa shape index (κ1) is 22.7. The molecule has 1 N–H and O–H groups in total. The number of rotatable bonds is 9. The van der Waals surface area contributed by atoms with E-state index in [4.69, 9.17) is 23.5 Å². The smallest absolute Gasteiger partial charge is 0.274 e. The van der Waals surface area contributed by atoms with Crippen LogP contribution in [0.25, 0.3) is 23.0 Å². The Morgan fingerprint density at radius 1 is 0.941 bits per heavy atom. The second-order valence-electron chi connectivity index (χ2n) is 7.16. The molecule has 2 aromatic heterocycles. The van der Waals surface area contributed by atoms with Crippen LogP contribution < -0.4 is 24.3 Å². The molecule has 0 unspecified atom stereocenters. The maximum Gasteiger partial charge on any atom is 0.274 e. The zero-order chi connectivity index (χ0) is 24.1. The number of carbonyl (C=O) groups is 1. The topological polar surface area (TPSA) is 110 Å². The first-order valence-electron chi connectivity index (χ1n) is 10.3. The van der Waals surface area contributed by atoms with Gasteiger partial charge in [-0.05, 0) is 30.3 Å². The Labute approximate surface area is 196 Å². The second-order valence-corrected chi connectivity index (χ2v) is 7.16. The number of benzene rings is 2. The molecular formula is C24H24N4O6.